The predicted octanol–water partition coefficient (Wildman–Crippen LogP) is 0.718. The molecule has 0 spiro atoms. The van der Waals surface area contributed by atoms with E-state index in [1.807, 2.05) is 20.8 Å². The highest BCUT2D eigenvalue weighted by Gasteiger charge is 2.33. The van der Waals surface area contributed by atoms with Crippen LogP contribution in [0.2, 0.25) is 0 Å². The van der Waals surface area contributed by atoms with E-state index in [-0.39, 0.29) is 36.1 Å². The maximum absolute atomic E-state index is 11.9. The summed E-state index contributed by atoms with van der Waals surface area (Å²) in [5, 5.41) is 11.9. The highest BCUT2D eigenvalue weighted by atomic mass is 16.4. The minimum Gasteiger partial charge on any atom is -0.481 e. The van der Waals surface area contributed by atoms with Gasteiger partial charge in [0.25, 0.3) is 0 Å². The highest BCUT2D eigenvalue weighted by molar-refractivity contribution is 5.89. The smallest absolute Gasteiger partial charge is 0.308 e. The zero-order valence-electron chi connectivity index (χ0n) is 12.6. The number of nitrogens with zero attached hydrogens (tertiary/aromatic N) is 1. The Hall–Kier alpha value is -1.59. The van der Waals surface area contributed by atoms with Crippen molar-refractivity contribution in [2.45, 2.75) is 33.6 Å². The van der Waals surface area contributed by atoms with E-state index in [0.29, 0.717) is 13.0 Å². The summed E-state index contributed by atoms with van der Waals surface area (Å²) < 4.78 is 0. The summed E-state index contributed by atoms with van der Waals surface area (Å²) in [7, 11) is 1.66. The van der Waals surface area contributed by atoms with Crippen LogP contribution in [0.15, 0.2) is 0 Å². The number of carbonyl (C=O) groups is 3. The zero-order chi connectivity index (χ0) is 15.5. The molecule has 0 aromatic carbocycles. The van der Waals surface area contributed by atoms with E-state index >= 15 is 0 Å². The predicted molar refractivity (Wildman–Crippen MR) is 74.0 cm³/mol. The molecular formula is C14H24N2O4. The van der Waals surface area contributed by atoms with E-state index in [9.17, 15) is 19.5 Å². The van der Waals surface area contributed by atoms with E-state index < -0.39 is 11.9 Å². The number of nitrogens with one attached hydrogen (secondary N) is 1. The molecular weight excluding hydrogens is 260 g/mol. The van der Waals surface area contributed by atoms with Gasteiger partial charge in [-0.2, -0.15) is 0 Å². The summed E-state index contributed by atoms with van der Waals surface area (Å²) in [6.07, 6.45) is 0.700. The van der Waals surface area contributed by atoms with Gasteiger partial charge in [-0.25, -0.2) is 0 Å². The lowest BCUT2D eigenvalue weighted by molar-refractivity contribution is -0.142. The first-order valence-corrected chi connectivity index (χ1v) is 6.84. The lowest BCUT2D eigenvalue weighted by Gasteiger charge is -2.23. The molecule has 0 aromatic rings. The molecule has 2 N–H and O–H groups in total. The average molecular weight is 284 g/mol. The zero-order valence-corrected chi connectivity index (χ0v) is 12.6. The number of likely N-dealkylation sites (tertiary alicyclic amines) is 1. The topological polar surface area (TPSA) is 86.7 Å². The summed E-state index contributed by atoms with van der Waals surface area (Å²) in [6, 6.07) is 0. The largest absolute Gasteiger partial charge is 0.481 e. The lowest BCUT2D eigenvalue weighted by atomic mass is 9.84. The molecule has 0 saturated carbocycles. The Kier molecular flexibility index (Phi) is 5.14. The van der Waals surface area contributed by atoms with Crippen LogP contribution >= 0.6 is 0 Å². The number of hydrogen-bond acceptors (Lipinski definition) is 3. The van der Waals surface area contributed by atoms with Gasteiger partial charge in [0.1, 0.15) is 0 Å². The maximum atomic E-state index is 11.9. The molecule has 1 rings (SSSR count). The monoisotopic (exact) mass is 284 g/mol. The number of carboxylic acids is 1. The Morgan fingerprint density at radius 2 is 2.05 bits per heavy atom. The Labute approximate surface area is 119 Å². The molecule has 1 saturated heterocycles. The quantitative estimate of drug-likeness (QED) is 0.778. The minimum atomic E-state index is -0.903. The molecule has 1 fully saturated rings. The van der Waals surface area contributed by atoms with Gasteiger partial charge in [0.15, 0.2) is 0 Å². The first kappa shape index (κ1) is 16.5. The normalized spacial score (nSPS) is 20.9. The molecule has 114 valence electrons. The van der Waals surface area contributed by atoms with Crippen LogP contribution < -0.4 is 5.32 Å². The van der Waals surface area contributed by atoms with E-state index in [0.717, 1.165) is 0 Å². The Bertz CT molecular complexity index is 400. The highest BCUT2D eigenvalue weighted by Crippen LogP contribution is 2.24. The van der Waals surface area contributed by atoms with Gasteiger partial charge in [-0.05, 0) is 11.8 Å². The van der Waals surface area contributed by atoms with Gasteiger partial charge < -0.3 is 15.3 Å². The summed E-state index contributed by atoms with van der Waals surface area (Å²) in [6.45, 7) is 6.42. The molecule has 1 aliphatic rings. The lowest BCUT2D eigenvalue weighted by Crippen LogP contribution is -2.38. The fourth-order valence-electron chi connectivity index (χ4n) is 2.39. The van der Waals surface area contributed by atoms with Gasteiger partial charge in [-0.15, -0.1) is 0 Å². The number of aliphatic carboxylic acids is 1. The molecule has 6 heteroatoms. The van der Waals surface area contributed by atoms with E-state index in [1.165, 1.54) is 4.90 Å². The molecule has 0 radical (unpaired) electrons. The van der Waals surface area contributed by atoms with E-state index in [1.54, 1.807) is 7.05 Å². The van der Waals surface area contributed by atoms with Crippen LogP contribution in [0.4, 0.5) is 0 Å². The number of carbonyl (C=O) groups excluding carboxylic acids is 2. The van der Waals surface area contributed by atoms with Crippen LogP contribution in [0.5, 0.6) is 0 Å². The molecule has 2 unspecified atom stereocenters. The SMILES string of the molecule is CN1CC(C(=O)NCC(CC(C)(C)C)C(=O)O)CC1=O. The third-order valence-electron chi connectivity index (χ3n) is 3.44. The second-order valence-electron chi connectivity index (χ2n) is 6.72. The fraction of sp³-hybridized carbons (Fsp3) is 0.786. The van der Waals surface area contributed by atoms with Crippen molar-refractivity contribution in [1.29, 1.82) is 0 Å². The van der Waals surface area contributed by atoms with Crippen LogP contribution in [0.25, 0.3) is 0 Å². The molecule has 0 aliphatic carbocycles. The van der Waals surface area contributed by atoms with Gasteiger partial charge in [-0.1, -0.05) is 20.8 Å². The molecule has 2 atom stereocenters. The summed E-state index contributed by atoms with van der Waals surface area (Å²) in [5.74, 6) is -2.15. The minimum absolute atomic E-state index is 0.0466. The second kappa shape index (κ2) is 6.24. The fourth-order valence-corrected chi connectivity index (χ4v) is 2.39. The average Bonchev–Trinajstić information content (AvgIpc) is 2.63. The third kappa shape index (κ3) is 4.83. The van der Waals surface area contributed by atoms with Crippen molar-refractivity contribution in [1.82, 2.24) is 10.2 Å². The van der Waals surface area contributed by atoms with Gasteiger partial charge in [0.2, 0.25) is 11.8 Å². The third-order valence-corrected chi connectivity index (χ3v) is 3.44. The standard InChI is InChI=1S/C14H24N2O4/c1-14(2,3)6-10(13(19)20)7-15-12(18)9-5-11(17)16(4)8-9/h9-10H,5-8H2,1-4H3,(H,15,18)(H,19,20). The molecule has 6 nitrogen and oxygen atoms in total. The second-order valence-corrected chi connectivity index (χ2v) is 6.72. The Balaban J connectivity index is 2.49. The van der Waals surface area contributed by atoms with Crippen LogP contribution in [0.3, 0.4) is 0 Å². The summed E-state index contributed by atoms with van der Waals surface area (Å²) in [5.41, 5.74) is -0.114. The van der Waals surface area contributed by atoms with Gasteiger partial charge in [0, 0.05) is 26.6 Å². The Morgan fingerprint density at radius 1 is 1.45 bits per heavy atom. The van der Waals surface area contributed by atoms with Crippen LogP contribution in [-0.2, 0) is 14.4 Å². The van der Waals surface area contributed by atoms with E-state index in [4.69, 9.17) is 0 Å². The summed E-state index contributed by atoms with van der Waals surface area (Å²) in [4.78, 5) is 36.0. The molecule has 1 heterocycles. The Morgan fingerprint density at radius 3 is 2.45 bits per heavy atom. The summed E-state index contributed by atoms with van der Waals surface area (Å²) >= 11 is 0. The van der Waals surface area contributed by atoms with Crippen molar-refractivity contribution in [3.8, 4) is 0 Å². The van der Waals surface area contributed by atoms with Crippen molar-refractivity contribution >= 4 is 17.8 Å². The van der Waals surface area contributed by atoms with Crippen LogP contribution in [0.1, 0.15) is 33.6 Å². The molecule has 2 amide bonds. The first-order valence-electron chi connectivity index (χ1n) is 6.84. The van der Waals surface area contributed by atoms with Gasteiger partial charge in [0.05, 0.1) is 11.8 Å². The van der Waals surface area contributed by atoms with Crippen molar-refractivity contribution in [2.75, 3.05) is 20.1 Å². The van der Waals surface area contributed by atoms with Crippen molar-refractivity contribution < 1.29 is 19.5 Å². The van der Waals surface area contributed by atoms with Crippen molar-refractivity contribution in [2.24, 2.45) is 17.3 Å². The number of carboxylic acid groups (broad SMARTS) is 1. The van der Waals surface area contributed by atoms with Gasteiger partial charge >= 0.3 is 5.97 Å². The first-order chi connectivity index (χ1) is 9.10. The number of hydrogen-bond donors (Lipinski definition) is 2. The van der Waals surface area contributed by atoms with Crippen LogP contribution in [0, 0.1) is 17.3 Å². The molecule has 20 heavy (non-hydrogen) atoms. The van der Waals surface area contributed by atoms with Crippen LogP contribution in [-0.4, -0.2) is 47.9 Å². The van der Waals surface area contributed by atoms with Crippen molar-refractivity contribution in [3.63, 3.8) is 0 Å². The number of amides is 2. The van der Waals surface area contributed by atoms with Gasteiger partial charge in [-0.3, -0.25) is 14.4 Å². The van der Waals surface area contributed by atoms with Crippen molar-refractivity contribution in [3.05, 3.63) is 0 Å². The van der Waals surface area contributed by atoms with E-state index in [2.05, 4.69) is 5.32 Å². The number of rotatable bonds is 5. The molecule has 0 bridgehead atoms. The molecule has 1 aliphatic heterocycles. The maximum Gasteiger partial charge on any atom is 0.308 e. The molecule has 0 aromatic heterocycles.